The summed E-state index contributed by atoms with van der Waals surface area (Å²) in [6.45, 7) is 0.232. The lowest BCUT2D eigenvalue weighted by atomic mass is 10.1. The van der Waals surface area contributed by atoms with Crippen molar-refractivity contribution in [3.63, 3.8) is 0 Å². The molecule has 2 rings (SSSR count). The van der Waals surface area contributed by atoms with Crippen molar-refractivity contribution in [2.24, 2.45) is 0 Å². The van der Waals surface area contributed by atoms with E-state index in [1.54, 1.807) is 6.20 Å². The Balaban J connectivity index is 2.31. The summed E-state index contributed by atoms with van der Waals surface area (Å²) in [4.78, 5) is 11.1. The van der Waals surface area contributed by atoms with E-state index in [1.165, 1.54) is 10.9 Å². The van der Waals surface area contributed by atoms with Crippen LogP contribution in [-0.2, 0) is 16.4 Å². The van der Waals surface area contributed by atoms with Crippen LogP contribution in [0.3, 0.4) is 0 Å². The zero-order chi connectivity index (χ0) is 14.8. The second-order valence-corrected chi connectivity index (χ2v) is 7.63. The first kappa shape index (κ1) is 14.9. The molecule has 0 aliphatic heterocycles. The Morgan fingerprint density at radius 3 is 2.50 bits per heavy atom. The van der Waals surface area contributed by atoms with E-state index in [4.69, 9.17) is 0 Å². The van der Waals surface area contributed by atoms with Crippen molar-refractivity contribution in [1.82, 2.24) is 9.78 Å². The molecule has 1 aromatic heterocycles. The van der Waals surface area contributed by atoms with Crippen molar-refractivity contribution in [2.75, 3.05) is 12.0 Å². The first-order chi connectivity index (χ1) is 9.39. The molecule has 1 aromatic carbocycles. The van der Waals surface area contributed by atoms with Gasteiger partial charge in [-0.05, 0) is 12.1 Å². The highest BCUT2D eigenvalue weighted by Crippen LogP contribution is 2.23. The van der Waals surface area contributed by atoms with E-state index in [-0.39, 0.29) is 12.3 Å². The van der Waals surface area contributed by atoms with Gasteiger partial charge in [-0.15, -0.1) is 0 Å². The van der Waals surface area contributed by atoms with Gasteiger partial charge in [0.25, 0.3) is 0 Å². The lowest BCUT2D eigenvalue weighted by molar-refractivity contribution is 0.112. The average molecular weight is 357 g/mol. The van der Waals surface area contributed by atoms with Gasteiger partial charge in [-0.25, -0.2) is 8.42 Å². The Morgan fingerprint density at radius 2 is 1.95 bits per heavy atom. The van der Waals surface area contributed by atoms with Crippen LogP contribution in [0.5, 0.6) is 0 Å². The van der Waals surface area contributed by atoms with E-state index < -0.39 is 9.84 Å². The molecule has 20 heavy (non-hydrogen) atoms. The van der Waals surface area contributed by atoms with Crippen LogP contribution in [0, 0.1) is 0 Å². The van der Waals surface area contributed by atoms with Crippen LogP contribution in [-0.4, -0.2) is 36.5 Å². The largest absolute Gasteiger partial charge is 0.298 e. The lowest BCUT2D eigenvalue weighted by Crippen LogP contribution is -2.11. The smallest absolute Gasteiger partial charge is 0.153 e. The molecule has 2 aromatic rings. The number of carbonyl (C=O) groups excluding carboxylic acids is 1. The maximum absolute atomic E-state index is 11.2. The van der Waals surface area contributed by atoms with Gasteiger partial charge in [0.15, 0.2) is 6.29 Å². The second kappa shape index (κ2) is 5.88. The van der Waals surface area contributed by atoms with Crippen LogP contribution >= 0.6 is 15.9 Å². The molecule has 0 aliphatic carbocycles. The van der Waals surface area contributed by atoms with E-state index in [0.717, 1.165) is 16.3 Å². The number of aromatic nitrogens is 2. The average Bonchev–Trinajstić information content (AvgIpc) is 2.80. The zero-order valence-electron chi connectivity index (χ0n) is 10.8. The predicted molar refractivity (Wildman–Crippen MR) is 80.5 cm³/mol. The Labute approximate surface area is 125 Å². The fourth-order valence-corrected chi connectivity index (χ4v) is 2.51. The van der Waals surface area contributed by atoms with Crippen LogP contribution in [0.15, 0.2) is 34.9 Å². The number of carbonyl (C=O) groups is 1. The standard InChI is InChI=1S/C13H13BrN2O3S/c1-20(18,19)7-6-16-8-11(9-17)13(15-16)10-2-4-12(14)5-3-10/h2-5,8-9H,6-7H2,1H3. The Hall–Kier alpha value is -1.47. The molecule has 0 saturated carbocycles. The monoisotopic (exact) mass is 356 g/mol. The lowest BCUT2D eigenvalue weighted by Gasteiger charge is -2.00. The Kier molecular flexibility index (Phi) is 4.39. The summed E-state index contributed by atoms with van der Waals surface area (Å²) < 4.78 is 24.7. The van der Waals surface area contributed by atoms with Gasteiger partial charge < -0.3 is 0 Å². The highest BCUT2D eigenvalue weighted by atomic mass is 79.9. The number of rotatable bonds is 5. The molecule has 0 radical (unpaired) electrons. The van der Waals surface area contributed by atoms with E-state index in [2.05, 4.69) is 21.0 Å². The first-order valence-electron chi connectivity index (χ1n) is 5.85. The maximum atomic E-state index is 11.2. The van der Waals surface area contributed by atoms with Crippen molar-refractivity contribution in [2.45, 2.75) is 6.54 Å². The van der Waals surface area contributed by atoms with Gasteiger partial charge in [0, 0.05) is 22.5 Å². The molecular weight excluding hydrogens is 344 g/mol. The quantitative estimate of drug-likeness (QED) is 0.769. The van der Waals surface area contributed by atoms with Gasteiger partial charge in [-0.2, -0.15) is 5.10 Å². The van der Waals surface area contributed by atoms with Crippen LogP contribution in [0.2, 0.25) is 0 Å². The summed E-state index contributed by atoms with van der Waals surface area (Å²) in [7, 11) is -3.06. The fraction of sp³-hybridized carbons (Fsp3) is 0.231. The molecule has 0 atom stereocenters. The number of sulfone groups is 1. The number of halogens is 1. The number of hydrogen-bond donors (Lipinski definition) is 0. The molecular formula is C13H13BrN2O3S. The van der Waals surface area contributed by atoms with Gasteiger partial charge in [0.05, 0.1) is 17.9 Å². The van der Waals surface area contributed by atoms with Crippen molar-refractivity contribution in [3.05, 3.63) is 40.5 Å². The summed E-state index contributed by atoms with van der Waals surface area (Å²) in [6, 6.07) is 7.42. The number of hydrogen-bond acceptors (Lipinski definition) is 4. The minimum atomic E-state index is -3.06. The molecule has 1 heterocycles. The molecule has 0 fully saturated rings. The molecule has 0 saturated heterocycles. The maximum Gasteiger partial charge on any atom is 0.153 e. The van der Waals surface area contributed by atoms with Gasteiger partial charge in [0.2, 0.25) is 0 Å². The van der Waals surface area contributed by atoms with Crippen molar-refractivity contribution < 1.29 is 13.2 Å². The molecule has 0 N–H and O–H groups in total. The highest BCUT2D eigenvalue weighted by molar-refractivity contribution is 9.10. The summed E-state index contributed by atoms with van der Waals surface area (Å²) in [5.41, 5.74) is 1.82. The highest BCUT2D eigenvalue weighted by Gasteiger charge is 2.12. The van der Waals surface area contributed by atoms with Crippen molar-refractivity contribution >= 4 is 32.1 Å². The van der Waals surface area contributed by atoms with Gasteiger partial charge >= 0.3 is 0 Å². The summed E-state index contributed by atoms with van der Waals surface area (Å²) in [6.07, 6.45) is 3.46. The number of aryl methyl sites for hydroxylation is 1. The second-order valence-electron chi connectivity index (χ2n) is 4.45. The predicted octanol–water partition coefficient (Wildman–Crippen LogP) is 2.17. The van der Waals surface area contributed by atoms with Crippen LogP contribution in [0.4, 0.5) is 0 Å². The Morgan fingerprint density at radius 1 is 1.30 bits per heavy atom. The third-order valence-corrected chi connectivity index (χ3v) is 4.18. The molecule has 0 spiro atoms. The van der Waals surface area contributed by atoms with E-state index in [9.17, 15) is 13.2 Å². The van der Waals surface area contributed by atoms with Crippen LogP contribution in [0.1, 0.15) is 10.4 Å². The minimum Gasteiger partial charge on any atom is -0.298 e. The van der Waals surface area contributed by atoms with Crippen molar-refractivity contribution in [1.29, 1.82) is 0 Å². The van der Waals surface area contributed by atoms with E-state index in [0.29, 0.717) is 11.3 Å². The van der Waals surface area contributed by atoms with Gasteiger partial charge in [0.1, 0.15) is 15.5 Å². The molecule has 5 nitrogen and oxygen atoms in total. The Bertz CT molecular complexity index is 721. The van der Waals surface area contributed by atoms with Crippen LogP contribution < -0.4 is 0 Å². The summed E-state index contributed by atoms with van der Waals surface area (Å²) >= 11 is 3.34. The topological polar surface area (TPSA) is 69.0 Å². The zero-order valence-corrected chi connectivity index (χ0v) is 13.2. The minimum absolute atomic E-state index is 0.00719. The first-order valence-corrected chi connectivity index (χ1v) is 8.71. The molecule has 0 unspecified atom stereocenters. The molecule has 106 valence electrons. The molecule has 0 amide bonds. The number of nitrogens with zero attached hydrogens (tertiary/aromatic N) is 2. The molecule has 7 heteroatoms. The number of aldehydes is 1. The van der Waals surface area contributed by atoms with Gasteiger partial charge in [-0.1, -0.05) is 28.1 Å². The number of benzene rings is 1. The van der Waals surface area contributed by atoms with E-state index >= 15 is 0 Å². The normalized spacial score (nSPS) is 11.5. The van der Waals surface area contributed by atoms with Crippen molar-refractivity contribution in [3.8, 4) is 11.3 Å². The van der Waals surface area contributed by atoms with Gasteiger partial charge in [-0.3, -0.25) is 9.48 Å². The summed E-state index contributed by atoms with van der Waals surface area (Å²) in [5, 5.41) is 4.29. The third kappa shape index (κ3) is 3.77. The fourth-order valence-electron chi connectivity index (χ4n) is 1.73. The van der Waals surface area contributed by atoms with E-state index in [1.807, 2.05) is 24.3 Å². The molecule has 0 aliphatic rings. The molecule has 0 bridgehead atoms. The summed E-state index contributed by atoms with van der Waals surface area (Å²) in [5.74, 6) is -0.00719. The van der Waals surface area contributed by atoms with Crippen LogP contribution in [0.25, 0.3) is 11.3 Å². The third-order valence-electron chi connectivity index (χ3n) is 2.73. The SMILES string of the molecule is CS(=O)(=O)CCn1cc(C=O)c(-c2ccc(Br)cc2)n1.